The van der Waals surface area contributed by atoms with Crippen molar-refractivity contribution in [2.75, 3.05) is 32.8 Å². The van der Waals surface area contributed by atoms with E-state index in [1.54, 1.807) is 0 Å². The molecule has 0 aromatic rings. The van der Waals surface area contributed by atoms with E-state index in [2.05, 4.69) is 30.2 Å². The molecule has 0 aromatic carbocycles. The van der Waals surface area contributed by atoms with Crippen LogP contribution in [0.3, 0.4) is 0 Å². The number of hydrogen-bond donors (Lipinski definition) is 3. The number of hydrogen-bond acceptors (Lipinski definition) is 4. The number of aliphatic hydroxyl groups is 1. The maximum Gasteiger partial charge on any atom is 0.469 e. The monoisotopic (exact) mass is 303 g/mol. The molecule has 18 heavy (non-hydrogen) atoms. The lowest BCUT2D eigenvalue weighted by atomic mass is 10.5. The molecule has 0 saturated heterocycles. The van der Waals surface area contributed by atoms with E-state index in [-0.39, 0.29) is 18.2 Å². The second-order valence-corrected chi connectivity index (χ2v) is 4.94. The topological polar surface area (TPSA) is 90.2 Å². The molecule has 0 heterocycles. The van der Waals surface area contributed by atoms with Crippen molar-refractivity contribution in [1.82, 2.24) is 4.90 Å². The maximum absolute atomic E-state index is 10.0. The first-order valence-electron chi connectivity index (χ1n) is 5.68. The molecule has 0 rings (SSSR count). The standard InChI is InChI=1S/C6H15N.C4H8ClO5P/c1-4-7(5-2)6-3;5-4(3-6)1-2-10-11(7,8)9/h4-6H2,1-3H3;1,6H,2-3H2,(H2,7,8,9)/b;4-1-. The van der Waals surface area contributed by atoms with Gasteiger partial charge in [-0.15, -0.1) is 0 Å². The average molecular weight is 304 g/mol. The minimum absolute atomic E-state index is 0.0819. The highest BCUT2D eigenvalue weighted by atomic mass is 35.5. The third kappa shape index (κ3) is 16.1. The number of nitrogens with zero attached hydrogens (tertiary/aromatic N) is 1. The summed E-state index contributed by atoms with van der Waals surface area (Å²) in [7, 11) is -4.42. The van der Waals surface area contributed by atoms with Gasteiger partial charge in [0.2, 0.25) is 0 Å². The van der Waals surface area contributed by atoms with E-state index in [0.717, 1.165) is 0 Å². The highest BCUT2D eigenvalue weighted by molar-refractivity contribution is 7.46. The molecular formula is C10H23ClNO5P. The van der Waals surface area contributed by atoms with Crippen molar-refractivity contribution >= 4 is 19.4 Å². The van der Waals surface area contributed by atoms with Gasteiger partial charge < -0.3 is 19.8 Å². The van der Waals surface area contributed by atoms with Crippen molar-refractivity contribution in [2.24, 2.45) is 0 Å². The van der Waals surface area contributed by atoms with Crippen LogP contribution in [-0.4, -0.2) is 52.6 Å². The Balaban J connectivity index is 0. The number of rotatable bonds is 7. The van der Waals surface area contributed by atoms with Gasteiger partial charge in [-0.05, 0) is 25.7 Å². The number of phosphoric ester groups is 1. The van der Waals surface area contributed by atoms with Gasteiger partial charge in [-0.3, -0.25) is 4.52 Å². The van der Waals surface area contributed by atoms with Crippen LogP contribution in [0.4, 0.5) is 0 Å². The summed E-state index contributed by atoms with van der Waals surface area (Å²) < 4.78 is 14.0. The second-order valence-electron chi connectivity index (χ2n) is 3.21. The SMILES string of the molecule is CCN(CC)CC.O=P(O)(O)OC/C=C(\Cl)CO. The van der Waals surface area contributed by atoms with E-state index in [1.165, 1.54) is 25.7 Å². The van der Waals surface area contributed by atoms with Crippen molar-refractivity contribution in [3.8, 4) is 0 Å². The lowest BCUT2D eigenvalue weighted by molar-refractivity contribution is 0.215. The molecule has 0 aliphatic rings. The van der Waals surface area contributed by atoms with Gasteiger partial charge in [0, 0.05) is 5.03 Å². The molecule has 0 saturated carbocycles. The van der Waals surface area contributed by atoms with E-state index in [1.807, 2.05) is 0 Å². The van der Waals surface area contributed by atoms with Gasteiger partial charge in [-0.2, -0.15) is 0 Å². The minimum atomic E-state index is -4.42. The Morgan fingerprint density at radius 3 is 1.94 bits per heavy atom. The molecule has 8 heteroatoms. The van der Waals surface area contributed by atoms with Gasteiger partial charge in [0.25, 0.3) is 0 Å². The number of aliphatic hydroxyl groups excluding tert-OH is 1. The Morgan fingerprint density at radius 1 is 1.28 bits per heavy atom. The fourth-order valence-corrected chi connectivity index (χ4v) is 1.29. The Bertz CT molecular complexity index is 259. The summed E-state index contributed by atoms with van der Waals surface area (Å²) in [5, 5.41) is 8.40. The molecule has 0 bridgehead atoms. The summed E-state index contributed by atoms with van der Waals surface area (Å²) in [6.45, 7) is 9.44. The molecule has 110 valence electrons. The van der Waals surface area contributed by atoms with Crippen LogP contribution in [0.15, 0.2) is 11.1 Å². The van der Waals surface area contributed by atoms with Gasteiger partial charge in [0.05, 0.1) is 13.2 Å². The zero-order valence-electron chi connectivity index (χ0n) is 11.0. The normalized spacial score (nSPS) is 12.3. The first kappa shape index (κ1) is 20.4. The van der Waals surface area contributed by atoms with E-state index in [4.69, 9.17) is 26.5 Å². The highest BCUT2D eigenvalue weighted by Gasteiger charge is 2.11. The highest BCUT2D eigenvalue weighted by Crippen LogP contribution is 2.35. The quantitative estimate of drug-likeness (QED) is 0.618. The zero-order chi connectivity index (χ0) is 14.6. The molecule has 0 spiro atoms. The van der Waals surface area contributed by atoms with Crippen LogP contribution in [0, 0.1) is 0 Å². The molecule has 3 N–H and O–H groups in total. The van der Waals surface area contributed by atoms with Crippen molar-refractivity contribution < 1.29 is 24.0 Å². The van der Waals surface area contributed by atoms with Crippen LogP contribution in [0.1, 0.15) is 20.8 Å². The van der Waals surface area contributed by atoms with Gasteiger partial charge in [-0.1, -0.05) is 32.4 Å². The molecule has 0 radical (unpaired) electrons. The van der Waals surface area contributed by atoms with Gasteiger partial charge in [0.15, 0.2) is 0 Å². The molecule has 0 fully saturated rings. The molecule has 0 aliphatic heterocycles. The van der Waals surface area contributed by atoms with Crippen LogP contribution in [-0.2, 0) is 9.09 Å². The molecule has 0 aliphatic carbocycles. The molecule has 0 amide bonds. The molecule has 0 atom stereocenters. The molecular weight excluding hydrogens is 281 g/mol. The molecule has 0 aromatic heterocycles. The molecule has 6 nitrogen and oxygen atoms in total. The van der Waals surface area contributed by atoms with Crippen LogP contribution in [0.25, 0.3) is 0 Å². The lowest BCUT2D eigenvalue weighted by Gasteiger charge is -2.13. The minimum Gasteiger partial charge on any atom is -0.391 e. The molecule has 0 unspecified atom stereocenters. The zero-order valence-corrected chi connectivity index (χ0v) is 12.7. The smallest absolute Gasteiger partial charge is 0.391 e. The van der Waals surface area contributed by atoms with Crippen LogP contribution in [0.2, 0.25) is 0 Å². The third-order valence-corrected chi connectivity index (χ3v) is 2.80. The summed E-state index contributed by atoms with van der Waals surface area (Å²) in [5.74, 6) is 0. The summed E-state index contributed by atoms with van der Waals surface area (Å²) >= 11 is 5.27. The summed E-state index contributed by atoms with van der Waals surface area (Å²) in [6, 6.07) is 0. The van der Waals surface area contributed by atoms with Gasteiger partial charge >= 0.3 is 7.82 Å². The van der Waals surface area contributed by atoms with E-state index < -0.39 is 7.82 Å². The van der Waals surface area contributed by atoms with Gasteiger partial charge in [0.1, 0.15) is 0 Å². The summed E-state index contributed by atoms with van der Waals surface area (Å²) in [6.07, 6.45) is 1.17. The summed E-state index contributed by atoms with van der Waals surface area (Å²) in [5.41, 5.74) is 0. The van der Waals surface area contributed by atoms with Crippen molar-refractivity contribution in [1.29, 1.82) is 0 Å². The van der Waals surface area contributed by atoms with Gasteiger partial charge in [-0.25, -0.2) is 4.57 Å². The number of halogens is 1. The Morgan fingerprint density at radius 2 is 1.72 bits per heavy atom. The van der Waals surface area contributed by atoms with E-state index in [9.17, 15) is 4.57 Å². The lowest BCUT2D eigenvalue weighted by Crippen LogP contribution is -2.21. The predicted octanol–water partition coefficient (Wildman–Crippen LogP) is 1.56. The Hall–Kier alpha value is 0.0600. The van der Waals surface area contributed by atoms with Crippen molar-refractivity contribution in [3.05, 3.63) is 11.1 Å². The fraction of sp³-hybridized carbons (Fsp3) is 0.800. The fourth-order valence-electron chi connectivity index (χ4n) is 0.960. The van der Waals surface area contributed by atoms with Crippen molar-refractivity contribution in [3.63, 3.8) is 0 Å². The Kier molecular flexibility index (Phi) is 13.7. The Labute approximate surface area is 113 Å². The van der Waals surface area contributed by atoms with E-state index in [0.29, 0.717) is 0 Å². The predicted molar refractivity (Wildman–Crippen MR) is 72.5 cm³/mol. The largest absolute Gasteiger partial charge is 0.469 e. The second kappa shape index (κ2) is 12.1. The van der Waals surface area contributed by atoms with E-state index >= 15 is 0 Å². The third-order valence-electron chi connectivity index (χ3n) is 2.04. The maximum atomic E-state index is 10.0. The average Bonchev–Trinajstić information content (AvgIpc) is 2.30. The van der Waals surface area contributed by atoms with Crippen LogP contribution >= 0.6 is 19.4 Å². The number of phosphoric acid groups is 1. The summed E-state index contributed by atoms with van der Waals surface area (Å²) in [4.78, 5) is 18.7. The first-order chi connectivity index (χ1) is 8.30. The van der Waals surface area contributed by atoms with Crippen molar-refractivity contribution in [2.45, 2.75) is 20.8 Å². The van der Waals surface area contributed by atoms with Crippen LogP contribution in [0.5, 0.6) is 0 Å². The first-order valence-corrected chi connectivity index (χ1v) is 7.59. The van der Waals surface area contributed by atoms with Crippen LogP contribution < -0.4 is 0 Å².